The van der Waals surface area contributed by atoms with Gasteiger partial charge in [0.1, 0.15) is 4.88 Å². The maximum Gasteiger partial charge on any atom is 0.266 e. The highest BCUT2D eigenvalue weighted by atomic mass is 32.1. The van der Waals surface area contributed by atoms with E-state index in [9.17, 15) is 4.79 Å². The number of nitrogen functional groups attached to an aromatic ring is 1. The molecule has 0 aliphatic carbocycles. The van der Waals surface area contributed by atoms with Gasteiger partial charge < -0.3 is 16.4 Å². The highest BCUT2D eigenvalue weighted by molar-refractivity contribution is 7.21. The Bertz CT molecular complexity index is 616. The lowest BCUT2D eigenvalue weighted by Crippen LogP contribution is -2.42. The summed E-state index contributed by atoms with van der Waals surface area (Å²) < 4.78 is 0.956. The number of nitrogens with two attached hydrogens (primary N) is 2. The maximum absolute atomic E-state index is 12.5. The first-order chi connectivity index (χ1) is 9.16. The highest BCUT2D eigenvalue weighted by Crippen LogP contribution is 2.34. The number of pyridine rings is 1. The molecule has 1 fully saturated rings. The van der Waals surface area contributed by atoms with Gasteiger partial charge in [0.25, 0.3) is 5.91 Å². The number of rotatable bonds is 1. The number of fused-ring (bicyclic) bond motifs is 1. The molecule has 0 radical (unpaired) electrons. The van der Waals surface area contributed by atoms with Crippen LogP contribution in [0.1, 0.15) is 22.5 Å². The SMILES string of the molecule is Nc1c(C(=O)N2CCC(N)CC2)sc2cnccc12. The van der Waals surface area contributed by atoms with E-state index in [-0.39, 0.29) is 11.9 Å². The Hall–Kier alpha value is -1.66. The average molecular weight is 276 g/mol. The molecular weight excluding hydrogens is 260 g/mol. The number of carbonyl (C=O) groups is 1. The monoisotopic (exact) mass is 276 g/mol. The fourth-order valence-corrected chi connectivity index (χ4v) is 3.43. The lowest BCUT2D eigenvalue weighted by molar-refractivity contribution is 0.0720. The lowest BCUT2D eigenvalue weighted by atomic mass is 10.1. The second kappa shape index (κ2) is 4.79. The summed E-state index contributed by atoms with van der Waals surface area (Å²) in [7, 11) is 0. The van der Waals surface area contributed by atoms with Crippen LogP contribution in [-0.4, -0.2) is 34.9 Å². The summed E-state index contributed by atoms with van der Waals surface area (Å²) in [5, 5.41) is 0.914. The van der Waals surface area contributed by atoms with Crippen molar-refractivity contribution >= 4 is 33.0 Å². The molecule has 3 rings (SSSR count). The van der Waals surface area contributed by atoms with Crippen LogP contribution in [0.5, 0.6) is 0 Å². The van der Waals surface area contributed by atoms with Crippen molar-refractivity contribution < 1.29 is 4.79 Å². The summed E-state index contributed by atoms with van der Waals surface area (Å²) in [5.41, 5.74) is 12.5. The van der Waals surface area contributed by atoms with E-state index in [2.05, 4.69) is 4.98 Å². The Morgan fingerprint density at radius 1 is 1.42 bits per heavy atom. The number of carbonyl (C=O) groups excluding carboxylic acids is 1. The van der Waals surface area contributed by atoms with Gasteiger partial charge in [0, 0.05) is 36.9 Å². The third-order valence-electron chi connectivity index (χ3n) is 3.55. The van der Waals surface area contributed by atoms with Crippen LogP contribution in [0.25, 0.3) is 10.1 Å². The summed E-state index contributed by atoms with van der Waals surface area (Å²) in [5.74, 6) is 0.0191. The molecule has 1 aliphatic heterocycles. The van der Waals surface area contributed by atoms with Crippen LogP contribution in [0.3, 0.4) is 0 Å². The quantitative estimate of drug-likeness (QED) is 0.825. The number of amides is 1. The number of thiophene rings is 1. The lowest BCUT2D eigenvalue weighted by Gasteiger charge is -2.29. The van der Waals surface area contributed by atoms with Gasteiger partial charge in [-0.25, -0.2) is 0 Å². The van der Waals surface area contributed by atoms with Crippen LogP contribution in [0.15, 0.2) is 18.5 Å². The molecule has 2 aromatic rings. The molecule has 1 saturated heterocycles. The van der Waals surface area contributed by atoms with Crippen molar-refractivity contribution in [3.63, 3.8) is 0 Å². The molecule has 3 heterocycles. The Morgan fingerprint density at radius 2 is 2.16 bits per heavy atom. The molecule has 100 valence electrons. The average Bonchev–Trinajstić information content (AvgIpc) is 2.77. The fourth-order valence-electron chi connectivity index (χ4n) is 2.38. The number of anilines is 1. The van der Waals surface area contributed by atoms with Crippen LogP contribution in [-0.2, 0) is 0 Å². The van der Waals surface area contributed by atoms with Gasteiger partial charge in [0.05, 0.1) is 10.4 Å². The molecule has 1 amide bonds. The molecule has 0 aromatic carbocycles. The number of hydrogen-bond acceptors (Lipinski definition) is 5. The van der Waals surface area contributed by atoms with Crippen LogP contribution in [0.4, 0.5) is 5.69 Å². The summed E-state index contributed by atoms with van der Waals surface area (Å²) in [6, 6.07) is 2.07. The minimum Gasteiger partial charge on any atom is -0.397 e. The largest absolute Gasteiger partial charge is 0.397 e. The van der Waals surface area contributed by atoms with E-state index in [0.29, 0.717) is 23.7 Å². The summed E-state index contributed by atoms with van der Waals surface area (Å²) in [6.45, 7) is 1.43. The molecule has 6 heteroatoms. The highest BCUT2D eigenvalue weighted by Gasteiger charge is 2.25. The molecule has 0 spiro atoms. The Kier molecular flexibility index (Phi) is 3.12. The Morgan fingerprint density at radius 3 is 2.84 bits per heavy atom. The van der Waals surface area contributed by atoms with Crippen molar-refractivity contribution in [2.24, 2.45) is 5.73 Å². The molecule has 19 heavy (non-hydrogen) atoms. The Balaban J connectivity index is 1.91. The first kappa shape index (κ1) is 12.4. The topological polar surface area (TPSA) is 85.2 Å². The molecule has 2 aromatic heterocycles. The summed E-state index contributed by atoms with van der Waals surface area (Å²) in [6.07, 6.45) is 5.16. The third kappa shape index (κ3) is 2.17. The van der Waals surface area contributed by atoms with E-state index in [1.54, 1.807) is 12.4 Å². The summed E-state index contributed by atoms with van der Waals surface area (Å²) in [4.78, 5) is 19.0. The van der Waals surface area contributed by atoms with E-state index >= 15 is 0 Å². The molecule has 0 bridgehead atoms. The number of aromatic nitrogens is 1. The van der Waals surface area contributed by atoms with Gasteiger partial charge in [0.2, 0.25) is 0 Å². The van der Waals surface area contributed by atoms with E-state index < -0.39 is 0 Å². The minimum absolute atomic E-state index is 0.0191. The van der Waals surface area contributed by atoms with Crippen molar-refractivity contribution in [1.82, 2.24) is 9.88 Å². The molecule has 5 nitrogen and oxygen atoms in total. The van der Waals surface area contributed by atoms with Crippen molar-refractivity contribution in [3.05, 3.63) is 23.3 Å². The maximum atomic E-state index is 12.5. The number of nitrogens with zero attached hydrogens (tertiary/aromatic N) is 2. The van der Waals surface area contributed by atoms with E-state index in [1.165, 1.54) is 11.3 Å². The zero-order valence-electron chi connectivity index (χ0n) is 10.5. The molecule has 4 N–H and O–H groups in total. The van der Waals surface area contributed by atoms with Crippen molar-refractivity contribution in [3.8, 4) is 0 Å². The normalized spacial score (nSPS) is 17.0. The fraction of sp³-hybridized carbons (Fsp3) is 0.385. The van der Waals surface area contributed by atoms with Crippen molar-refractivity contribution in [2.75, 3.05) is 18.8 Å². The zero-order chi connectivity index (χ0) is 13.4. The van der Waals surface area contributed by atoms with Gasteiger partial charge in [-0.15, -0.1) is 11.3 Å². The smallest absolute Gasteiger partial charge is 0.266 e. The van der Waals surface area contributed by atoms with Gasteiger partial charge in [-0.2, -0.15) is 0 Å². The third-order valence-corrected chi connectivity index (χ3v) is 4.70. The minimum atomic E-state index is 0.0191. The summed E-state index contributed by atoms with van der Waals surface area (Å²) >= 11 is 1.42. The number of likely N-dealkylation sites (tertiary alicyclic amines) is 1. The van der Waals surface area contributed by atoms with E-state index in [0.717, 1.165) is 22.9 Å². The predicted octanol–water partition coefficient (Wildman–Crippen LogP) is 1.44. The second-order valence-corrected chi connectivity index (χ2v) is 5.90. The second-order valence-electron chi connectivity index (χ2n) is 4.85. The first-order valence-corrected chi connectivity index (χ1v) is 7.15. The molecular formula is C13H16N4OS. The van der Waals surface area contributed by atoms with Crippen molar-refractivity contribution in [1.29, 1.82) is 0 Å². The zero-order valence-corrected chi connectivity index (χ0v) is 11.3. The van der Waals surface area contributed by atoms with Crippen molar-refractivity contribution in [2.45, 2.75) is 18.9 Å². The van der Waals surface area contributed by atoms with Gasteiger partial charge in [-0.3, -0.25) is 9.78 Å². The molecule has 1 aliphatic rings. The Labute approximate surface area is 115 Å². The van der Waals surface area contributed by atoms with Crippen LogP contribution in [0.2, 0.25) is 0 Å². The van der Waals surface area contributed by atoms with Crippen LogP contribution < -0.4 is 11.5 Å². The molecule has 0 saturated carbocycles. The van der Waals surface area contributed by atoms with Gasteiger partial charge >= 0.3 is 0 Å². The predicted molar refractivity (Wildman–Crippen MR) is 77.1 cm³/mol. The molecule has 0 unspecified atom stereocenters. The first-order valence-electron chi connectivity index (χ1n) is 6.33. The number of hydrogen-bond donors (Lipinski definition) is 2. The van der Waals surface area contributed by atoms with Crippen LogP contribution in [0, 0.1) is 0 Å². The standard InChI is InChI=1S/C13H16N4OS/c14-8-2-5-17(6-3-8)13(18)12-11(15)9-1-4-16-7-10(9)19-12/h1,4,7-8H,2-3,5-6,14-15H2. The van der Waals surface area contributed by atoms with E-state index in [1.807, 2.05) is 11.0 Å². The van der Waals surface area contributed by atoms with Crippen LogP contribution >= 0.6 is 11.3 Å². The van der Waals surface area contributed by atoms with Gasteiger partial charge in [-0.05, 0) is 18.9 Å². The van der Waals surface area contributed by atoms with E-state index in [4.69, 9.17) is 11.5 Å². The molecule has 0 atom stereocenters. The number of piperidine rings is 1. The van der Waals surface area contributed by atoms with Gasteiger partial charge in [-0.1, -0.05) is 0 Å². The van der Waals surface area contributed by atoms with Gasteiger partial charge in [0.15, 0.2) is 0 Å².